The highest BCUT2D eigenvalue weighted by Gasteiger charge is 2.38. The molecule has 10 nitrogen and oxygen atoms in total. The topological polar surface area (TPSA) is 149 Å². The van der Waals surface area contributed by atoms with Crippen LogP contribution >= 0.6 is 12.2 Å². The van der Waals surface area contributed by atoms with Crippen LogP contribution in [0.1, 0.15) is 284 Å². The van der Waals surface area contributed by atoms with Crippen LogP contribution in [-0.4, -0.2) is 64.7 Å². The zero-order valence-corrected chi connectivity index (χ0v) is 55.7. The molecular formula is C71H112O10S. The Bertz CT molecular complexity index is 2200. The molecule has 0 aromatic heterocycles. The summed E-state index contributed by atoms with van der Waals surface area (Å²) in [7, 11) is 0. The number of hydrogen-bond donors (Lipinski definition) is 3. The summed E-state index contributed by atoms with van der Waals surface area (Å²) >= 11 is 5.84. The van der Waals surface area contributed by atoms with E-state index in [-0.39, 0.29) is 95.4 Å². The highest BCUT2D eigenvalue weighted by Crippen LogP contribution is 2.43. The number of unbranched alkanes of at least 4 members (excludes halogenated alkanes) is 11. The van der Waals surface area contributed by atoms with Crippen LogP contribution in [0.5, 0.6) is 17.2 Å². The molecule has 0 amide bonds. The monoisotopic (exact) mass is 1160 g/mol. The summed E-state index contributed by atoms with van der Waals surface area (Å²) in [5, 5.41) is 34.6. The lowest BCUT2D eigenvalue weighted by Crippen LogP contribution is -2.44. The fourth-order valence-electron chi connectivity index (χ4n) is 10.3. The number of phenols is 3. The van der Waals surface area contributed by atoms with Crippen LogP contribution in [0, 0.1) is 5.41 Å². The number of benzene rings is 3. The number of phenolic OH excluding ortho intramolecular Hbond substituents is 3. The second-order valence-corrected chi connectivity index (χ2v) is 30.4. The fourth-order valence-corrected chi connectivity index (χ4v) is 10.5. The average Bonchev–Trinajstić information content (AvgIpc) is 3.44. The minimum Gasteiger partial charge on any atom is -0.507 e. The van der Waals surface area contributed by atoms with Crippen molar-refractivity contribution >= 4 is 35.2 Å². The Balaban J connectivity index is 1.97. The number of hydrogen-bond acceptors (Lipinski definition) is 11. The van der Waals surface area contributed by atoms with Crippen molar-refractivity contribution in [2.45, 2.75) is 286 Å². The van der Waals surface area contributed by atoms with E-state index >= 15 is 0 Å². The van der Waals surface area contributed by atoms with Crippen LogP contribution in [-0.2, 0) is 85.1 Å². The van der Waals surface area contributed by atoms with E-state index in [9.17, 15) is 29.7 Å². The molecule has 3 N–H and O–H groups in total. The maximum atomic E-state index is 14.0. The van der Waals surface area contributed by atoms with E-state index in [2.05, 4.69) is 132 Å². The molecule has 0 saturated heterocycles. The molecule has 3 aromatic rings. The molecule has 0 heterocycles. The third-order valence-electron chi connectivity index (χ3n) is 15.6. The zero-order chi connectivity index (χ0) is 62.1. The molecule has 0 aliphatic heterocycles. The summed E-state index contributed by atoms with van der Waals surface area (Å²) in [4.78, 5) is 42.0. The maximum absolute atomic E-state index is 14.0. The highest BCUT2D eigenvalue weighted by molar-refractivity contribution is 7.80. The van der Waals surface area contributed by atoms with Crippen LogP contribution in [0.3, 0.4) is 0 Å². The summed E-state index contributed by atoms with van der Waals surface area (Å²) in [5.74, 6) is -0.726. The minimum atomic E-state index is -1.35. The van der Waals surface area contributed by atoms with Crippen LogP contribution in [0.2, 0.25) is 0 Å². The molecule has 0 radical (unpaired) electrons. The van der Waals surface area contributed by atoms with E-state index in [0.29, 0.717) is 30.7 Å². The molecule has 82 heavy (non-hydrogen) atoms. The second kappa shape index (κ2) is 31.0. The molecule has 3 aromatic carbocycles. The Morgan fingerprint density at radius 3 is 0.805 bits per heavy atom. The third kappa shape index (κ3) is 23.8. The van der Waals surface area contributed by atoms with Crippen molar-refractivity contribution in [3.8, 4) is 17.2 Å². The van der Waals surface area contributed by atoms with Gasteiger partial charge in [-0.05, 0) is 120 Å². The van der Waals surface area contributed by atoms with Gasteiger partial charge in [-0.2, -0.15) is 0 Å². The normalized spacial score (nSPS) is 12.8. The molecule has 3 rings (SSSR count). The molecule has 0 unspecified atom stereocenters. The number of ether oxygens (including phenoxy) is 4. The van der Waals surface area contributed by atoms with Crippen molar-refractivity contribution < 1.29 is 48.7 Å². The van der Waals surface area contributed by atoms with E-state index in [4.69, 9.17) is 31.2 Å². The first-order valence-electron chi connectivity index (χ1n) is 31.0. The van der Waals surface area contributed by atoms with E-state index in [1.165, 1.54) is 57.8 Å². The Kier molecular flexibility index (Phi) is 27.0. The maximum Gasteiger partial charge on any atom is 0.306 e. The number of esters is 3. The van der Waals surface area contributed by atoms with Crippen molar-refractivity contribution in [1.82, 2.24) is 0 Å². The molecule has 0 fully saturated rings. The van der Waals surface area contributed by atoms with E-state index in [1.807, 2.05) is 36.4 Å². The molecular weight excluding hydrogens is 1040 g/mol. The molecule has 462 valence electrons. The zero-order valence-electron chi connectivity index (χ0n) is 54.8. The van der Waals surface area contributed by atoms with Crippen molar-refractivity contribution in [2.24, 2.45) is 5.41 Å². The van der Waals surface area contributed by atoms with Gasteiger partial charge in [-0.1, -0.05) is 239 Å². The fraction of sp³-hybridized carbons (Fsp3) is 0.690. The number of carbonyl (C=O) groups is 3. The summed E-state index contributed by atoms with van der Waals surface area (Å²) in [6, 6.07) is 11.8. The van der Waals surface area contributed by atoms with Gasteiger partial charge in [0, 0.05) is 25.7 Å². The van der Waals surface area contributed by atoms with Gasteiger partial charge >= 0.3 is 17.9 Å². The van der Waals surface area contributed by atoms with Gasteiger partial charge in [0.15, 0.2) is 5.05 Å². The van der Waals surface area contributed by atoms with Crippen molar-refractivity contribution in [3.05, 3.63) is 86.5 Å². The van der Waals surface area contributed by atoms with E-state index in [1.54, 1.807) is 0 Å². The first-order chi connectivity index (χ1) is 37.8. The van der Waals surface area contributed by atoms with E-state index in [0.717, 1.165) is 69.3 Å². The Labute approximate surface area is 503 Å². The lowest BCUT2D eigenvalue weighted by Gasteiger charge is -2.32. The van der Waals surface area contributed by atoms with Crippen molar-refractivity contribution in [1.29, 1.82) is 0 Å². The summed E-state index contributed by atoms with van der Waals surface area (Å²) < 4.78 is 24.8. The molecule has 0 aliphatic carbocycles. The Morgan fingerprint density at radius 1 is 0.354 bits per heavy atom. The standard InChI is InChI=1S/C71H112O10S/c1-20-21-22-23-24-25-26-27-28-29-30-31-32-61(82)81-48-71(45-78-58(72)36-33-49-39-52(65(2,3)4)62(75)53(40-49)66(5,6)7,46-79-59(73)37-34-50-41-54(67(8,9)10)63(76)55(42-50)68(11,12)13)47-80-60(74)38-35-51-43-56(69(14,15)16)64(77)57(44-51)70(17,18)19/h39-44,75-77H,20-38,45-48H2,1-19H3. The number of thiocarbonyl (C=S) groups is 1. The Hall–Kier alpha value is -4.64. The smallest absolute Gasteiger partial charge is 0.306 e. The van der Waals surface area contributed by atoms with Crippen LogP contribution < -0.4 is 0 Å². The second-order valence-electron chi connectivity index (χ2n) is 29.9. The molecule has 0 spiro atoms. The lowest BCUT2D eigenvalue weighted by molar-refractivity contribution is -0.164. The quantitative estimate of drug-likeness (QED) is 0.0253. The van der Waals surface area contributed by atoms with Crippen LogP contribution in [0.15, 0.2) is 36.4 Å². The van der Waals surface area contributed by atoms with Crippen LogP contribution in [0.4, 0.5) is 0 Å². The highest BCUT2D eigenvalue weighted by atomic mass is 32.1. The molecule has 0 atom stereocenters. The summed E-state index contributed by atoms with van der Waals surface area (Å²) in [6.45, 7) is 38.1. The third-order valence-corrected chi connectivity index (χ3v) is 15.9. The number of aromatic hydroxyl groups is 3. The average molecular weight is 1160 g/mol. The molecule has 11 heteroatoms. The van der Waals surface area contributed by atoms with Crippen LogP contribution in [0.25, 0.3) is 0 Å². The van der Waals surface area contributed by atoms with Crippen molar-refractivity contribution in [3.63, 3.8) is 0 Å². The summed E-state index contributed by atoms with van der Waals surface area (Å²) in [6.07, 6.45) is 16.1. The van der Waals surface area contributed by atoms with Gasteiger partial charge in [-0.15, -0.1) is 0 Å². The van der Waals surface area contributed by atoms with Gasteiger partial charge in [-0.3, -0.25) is 14.4 Å². The largest absolute Gasteiger partial charge is 0.507 e. The number of aryl methyl sites for hydroxylation is 3. The molecule has 0 bridgehead atoms. The molecule has 0 aliphatic rings. The van der Waals surface area contributed by atoms with Gasteiger partial charge in [0.1, 0.15) is 49.1 Å². The number of carbonyl (C=O) groups excluding carboxylic acids is 3. The predicted octanol–water partition coefficient (Wildman–Crippen LogP) is 17.8. The Morgan fingerprint density at radius 2 is 0.573 bits per heavy atom. The van der Waals surface area contributed by atoms with Gasteiger partial charge in [0.2, 0.25) is 0 Å². The number of rotatable bonds is 30. The van der Waals surface area contributed by atoms with Gasteiger partial charge in [-0.25, -0.2) is 0 Å². The predicted molar refractivity (Wildman–Crippen MR) is 341 cm³/mol. The van der Waals surface area contributed by atoms with Crippen molar-refractivity contribution in [2.75, 3.05) is 26.4 Å². The molecule has 0 saturated carbocycles. The minimum absolute atomic E-state index is 0.0191. The lowest BCUT2D eigenvalue weighted by atomic mass is 9.78. The van der Waals surface area contributed by atoms with E-state index < -0.39 is 23.3 Å². The van der Waals surface area contributed by atoms with Gasteiger partial charge in [0.25, 0.3) is 0 Å². The van der Waals surface area contributed by atoms with Gasteiger partial charge < -0.3 is 34.3 Å². The van der Waals surface area contributed by atoms with Gasteiger partial charge in [0.05, 0.1) is 0 Å². The first kappa shape index (κ1) is 71.6. The summed E-state index contributed by atoms with van der Waals surface area (Å²) in [5.41, 5.74) is 3.97. The first-order valence-corrected chi connectivity index (χ1v) is 31.4. The SMILES string of the molecule is CCCCCCCCCCCCCCC(=S)OCC(COC(=O)CCc1cc(C(C)(C)C)c(O)c(C(C)(C)C)c1)(COC(=O)CCc1cc(C(C)(C)C)c(O)c(C(C)(C)C)c1)COC(=O)CCc1cc(C(C)(C)C)c(O)c(C(C)(C)C)c1.